The second-order valence-electron chi connectivity index (χ2n) is 3.39. The van der Waals surface area contributed by atoms with E-state index in [-0.39, 0.29) is 25.1 Å². The van der Waals surface area contributed by atoms with Crippen LogP contribution in [0.25, 0.3) is 0 Å². The van der Waals surface area contributed by atoms with E-state index >= 15 is 0 Å². The Morgan fingerprint density at radius 3 is 2.77 bits per heavy atom. The molecule has 2 aliphatic heterocycles. The van der Waals surface area contributed by atoms with Crippen molar-refractivity contribution in [3.8, 4) is 0 Å². The summed E-state index contributed by atoms with van der Waals surface area (Å²) >= 11 is 0. The minimum Gasteiger partial charge on any atom is -0.394 e. The van der Waals surface area contributed by atoms with E-state index in [4.69, 9.17) is 19.3 Å². The lowest BCUT2D eigenvalue weighted by atomic mass is 10.1. The van der Waals surface area contributed by atoms with Crippen LogP contribution in [-0.4, -0.2) is 54.6 Å². The Balaban J connectivity index is 1.98. The molecule has 0 saturated carbocycles. The van der Waals surface area contributed by atoms with E-state index in [9.17, 15) is 5.11 Å². The lowest BCUT2D eigenvalue weighted by Gasteiger charge is -2.16. The van der Waals surface area contributed by atoms with Crippen LogP contribution in [-0.2, 0) is 14.2 Å². The van der Waals surface area contributed by atoms with Crippen molar-refractivity contribution in [2.24, 2.45) is 0 Å². The topological polar surface area (TPSA) is 68.2 Å². The molecule has 2 N–H and O–H groups in total. The monoisotopic (exact) mass is 190 g/mol. The summed E-state index contributed by atoms with van der Waals surface area (Å²) in [6, 6.07) is 0. The molecule has 2 fully saturated rings. The normalized spacial score (nSPS) is 49.6. The number of rotatable bonds is 2. The van der Waals surface area contributed by atoms with Crippen LogP contribution in [0.3, 0.4) is 0 Å². The second kappa shape index (κ2) is 3.51. The van der Waals surface area contributed by atoms with Gasteiger partial charge in [-0.2, -0.15) is 0 Å². The molecule has 0 spiro atoms. The van der Waals surface area contributed by atoms with Gasteiger partial charge in [0, 0.05) is 13.5 Å². The van der Waals surface area contributed by atoms with Gasteiger partial charge in [0.05, 0.1) is 12.7 Å². The van der Waals surface area contributed by atoms with Gasteiger partial charge in [-0.25, -0.2) is 0 Å². The largest absolute Gasteiger partial charge is 0.394 e. The molecule has 0 aromatic carbocycles. The maximum Gasteiger partial charge on any atom is 0.160 e. The summed E-state index contributed by atoms with van der Waals surface area (Å²) in [5.41, 5.74) is 0. The van der Waals surface area contributed by atoms with Gasteiger partial charge in [0.1, 0.15) is 18.3 Å². The smallest absolute Gasteiger partial charge is 0.160 e. The summed E-state index contributed by atoms with van der Waals surface area (Å²) in [5.74, 6) is 0. The van der Waals surface area contributed by atoms with Crippen LogP contribution in [0.4, 0.5) is 0 Å². The molecule has 5 heteroatoms. The van der Waals surface area contributed by atoms with E-state index in [2.05, 4.69) is 0 Å². The zero-order chi connectivity index (χ0) is 9.42. The Labute approximate surface area is 76.2 Å². The molecule has 5 unspecified atom stereocenters. The Morgan fingerprint density at radius 2 is 2.23 bits per heavy atom. The Hall–Kier alpha value is -0.200. The number of fused-ring (bicyclic) bond motifs is 1. The third-order valence-corrected chi connectivity index (χ3v) is 2.61. The predicted octanol–water partition coefficient (Wildman–Crippen LogP) is -1.13. The first kappa shape index (κ1) is 9.36. The first-order valence-corrected chi connectivity index (χ1v) is 4.39. The standard InChI is InChI=1S/C8H14O5/c1-11-6-2-4-8(13-6)7(10)5(3-9)12-4/h4-10H,2-3H2,1H3. The van der Waals surface area contributed by atoms with Gasteiger partial charge in [0.2, 0.25) is 0 Å². The first-order valence-electron chi connectivity index (χ1n) is 4.39. The zero-order valence-electron chi connectivity index (χ0n) is 7.42. The number of ether oxygens (including phenoxy) is 3. The van der Waals surface area contributed by atoms with Gasteiger partial charge >= 0.3 is 0 Å². The van der Waals surface area contributed by atoms with Gasteiger partial charge in [-0.3, -0.25) is 0 Å². The summed E-state index contributed by atoms with van der Waals surface area (Å²) < 4.78 is 15.7. The molecule has 2 saturated heterocycles. The average molecular weight is 190 g/mol. The van der Waals surface area contributed by atoms with Crippen molar-refractivity contribution >= 4 is 0 Å². The van der Waals surface area contributed by atoms with Gasteiger partial charge < -0.3 is 24.4 Å². The summed E-state index contributed by atoms with van der Waals surface area (Å²) in [4.78, 5) is 0. The van der Waals surface area contributed by atoms with E-state index < -0.39 is 12.2 Å². The van der Waals surface area contributed by atoms with E-state index in [1.165, 1.54) is 0 Å². The van der Waals surface area contributed by atoms with E-state index in [1.54, 1.807) is 7.11 Å². The first-order chi connectivity index (χ1) is 6.26. The number of methoxy groups -OCH3 is 1. The number of aliphatic hydroxyl groups is 2. The van der Waals surface area contributed by atoms with E-state index in [1.807, 2.05) is 0 Å². The van der Waals surface area contributed by atoms with Crippen LogP contribution in [0.1, 0.15) is 6.42 Å². The van der Waals surface area contributed by atoms with Crippen molar-refractivity contribution in [2.45, 2.75) is 37.1 Å². The summed E-state index contributed by atoms with van der Waals surface area (Å²) in [5, 5.41) is 18.4. The third kappa shape index (κ3) is 1.47. The fourth-order valence-electron chi connectivity index (χ4n) is 1.90. The fraction of sp³-hybridized carbons (Fsp3) is 1.00. The molecule has 2 heterocycles. The van der Waals surface area contributed by atoms with E-state index in [0.717, 1.165) is 0 Å². The van der Waals surface area contributed by atoms with Crippen molar-refractivity contribution < 1.29 is 24.4 Å². The van der Waals surface area contributed by atoms with Crippen molar-refractivity contribution in [1.29, 1.82) is 0 Å². The Morgan fingerprint density at radius 1 is 1.46 bits per heavy atom. The van der Waals surface area contributed by atoms with Crippen molar-refractivity contribution in [3.63, 3.8) is 0 Å². The van der Waals surface area contributed by atoms with Gasteiger partial charge in [-0.15, -0.1) is 0 Å². The van der Waals surface area contributed by atoms with Crippen LogP contribution < -0.4 is 0 Å². The van der Waals surface area contributed by atoms with Crippen molar-refractivity contribution in [3.05, 3.63) is 0 Å². The SMILES string of the molecule is COC1CC2OC(CO)C(O)C2O1. The molecule has 13 heavy (non-hydrogen) atoms. The van der Waals surface area contributed by atoms with Crippen LogP contribution in [0.5, 0.6) is 0 Å². The van der Waals surface area contributed by atoms with Gasteiger partial charge in [0.25, 0.3) is 0 Å². The lowest BCUT2D eigenvalue weighted by Crippen LogP contribution is -2.34. The summed E-state index contributed by atoms with van der Waals surface area (Å²) in [6.07, 6.45) is -1.40. The lowest BCUT2D eigenvalue weighted by molar-refractivity contribution is -0.142. The molecule has 2 rings (SSSR count). The molecular formula is C8H14O5. The summed E-state index contributed by atoms with van der Waals surface area (Å²) in [7, 11) is 1.56. The highest BCUT2D eigenvalue weighted by molar-refractivity contribution is 4.95. The molecule has 5 atom stereocenters. The molecule has 0 bridgehead atoms. The molecule has 0 amide bonds. The molecule has 76 valence electrons. The maximum absolute atomic E-state index is 9.61. The van der Waals surface area contributed by atoms with E-state index in [0.29, 0.717) is 6.42 Å². The predicted molar refractivity (Wildman–Crippen MR) is 42.0 cm³/mol. The number of aliphatic hydroxyl groups excluding tert-OH is 2. The average Bonchev–Trinajstić information content (AvgIpc) is 2.65. The molecule has 2 aliphatic rings. The highest BCUT2D eigenvalue weighted by Gasteiger charge is 2.50. The fourth-order valence-corrected chi connectivity index (χ4v) is 1.90. The highest BCUT2D eigenvalue weighted by atomic mass is 16.7. The van der Waals surface area contributed by atoms with Crippen molar-refractivity contribution in [2.75, 3.05) is 13.7 Å². The number of hydrogen-bond donors (Lipinski definition) is 2. The van der Waals surface area contributed by atoms with Crippen LogP contribution in [0, 0.1) is 0 Å². The number of hydrogen-bond acceptors (Lipinski definition) is 5. The highest BCUT2D eigenvalue weighted by Crippen LogP contribution is 2.34. The van der Waals surface area contributed by atoms with Crippen molar-refractivity contribution in [1.82, 2.24) is 0 Å². The minimum atomic E-state index is -0.741. The second-order valence-corrected chi connectivity index (χ2v) is 3.39. The minimum absolute atomic E-state index is 0.142. The molecule has 5 nitrogen and oxygen atoms in total. The Bertz CT molecular complexity index is 185. The third-order valence-electron chi connectivity index (χ3n) is 2.61. The van der Waals surface area contributed by atoms with Crippen LogP contribution >= 0.6 is 0 Å². The van der Waals surface area contributed by atoms with Gasteiger partial charge in [0.15, 0.2) is 6.29 Å². The quantitative estimate of drug-likeness (QED) is 0.576. The molecule has 0 aromatic rings. The maximum atomic E-state index is 9.61. The van der Waals surface area contributed by atoms with Crippen LogP contribution in [0.15, 0.2) is 0 Å². The Kier molecular flexibility index (Phi) is 2.53. The summed E-state index contributed by atoms with van der Waals surface area (Å²) in [6.45, 7) is -0.171. The molecule has 0 aliphatic carbocycles. The van der Waals surface area contributed by atoms with Crippen LogP contribution in [0.2, 0.25) is 0 Å². The zero-order valence-corrected chi connectivity index (χ0v) is 7.42. The van der Waals surface area contributed by atoms with Gasteiger partial charge in [-0.1, -0.05) is 0 Å². The van der Waals surface area contributed by atoms with Gasteiger partial charge in [-0.05, 0) is 0 Å². The molecular weight excluding hydrogens is 176 g/mol. The molecule has 0 aromatic heterocycles. The molecule has 0 radical (unpaired) electrons.